The summed E-state index contributed by atoms with van der Waals surface area (Å²) in [6.45, 7) is 5.63. The molecule has 0 aromatic carbocycles. The molecule has 0 fully saturated rings. The molecule has 19 heavy (non-hydrogen) atoms. The molecule has 2 aromatic rings. The summed E-state index contributed by atoms with van der Waals surface area (Å²) < 4.78 is 2.18. The number of aromatic nitrogens is 1. The van der Waals surface area contributed by atoms with Gasteiger partial charge in [0.25, 0.3) is 0 Å². The maximum atomic E-state index is 11.8. The molecule has 0 unspecified atom stereocenters. The van der Waals surface area contributed by atoms with Gasteiger partial charge in [-0.3, -0.25) is 4.79 Å². The van der Waals surface area contributed by atoms with Crippen molar-refractivity contribution in [3.05, 3.63) is 45.9 Å². The number of rotatable bonds is 6. The predicted molar refractivity (Wildman–Crippen MR) is 79.6 cm³/mol. The van der Waals surface area contributed by atoms with E-state index in [9.17, 15) is 4.79 Å². The zero-order valence-corrected chi connectivity index (χ0v) is 12.3. The summed E-state index contributed by atoms with van der Waals surface area (Å²) in [6, 6.07) is 8.32. The molecule has 0 radical (unpaired) electrons. The molecule has 0 atom stereocenters. The van der Waals surface area contributed by atoms with Crippen LogP contribution in [0.1, 0.15) is 22.7 Å². The van der Waals surface area contributed by atoms with E-state index < -0.39 is 0 Å². The Hall–Kier alpha value is -1.55. The fraction of sp³-hybridized carbons (Fsp3) is 0.400. The van der Waals surface area contributed by atoms with Crippen LogP contribution in [0.4, 0.5) is 0 Å². The molecule has 2 heterocycles. The van der Waals surface area contributed by atoms with Crippen molar-refractivity contribution in [3.8, 4) is 0 Å². The topological polar surface area (TPSA) is 34.0 Å². The van der Waals surface area contributed by atoms with E-state index in [0.29, 0.717) is 6.42 Å². The number of hydrogen-bond acceptors (Lipinski definition) is 2. The summed E-state index contributed by atoms with van der Waals surface area (Å²) in [5, 5.41) is 5.04. The molecule has 102 valence electrons. The van der Waals surface area contributed by atoms with Gasteiger partial charge in [-0.2, -0.15) is 0 Å². The maximum Gasteiger partial charge on any atom is 0.221 e. The van der Waals surface area contributed by atoms with Crippen molar-refractivity contribution < 1.29 is 4.79 Å². The van der Waals surface area contributed by atoms with E-state index in [1.54, 1.807) is 11.3 Å². The fourth-order valence-electron chi connectivity index (χ4n) is 2.13. The van der Waals surface area contributed by atoms with E-state index in [2.05, 4.69) is 47.3 Å². The SMILES string of the molecule is Cc1ccc(C)n1CCC(=O)NCCc1cccs1. The highest BCUT2D eigenvalue weighted by Gasteiger charge is 2.05. The number of thiophene rings is 1. The van der Waals surface area contributed by atoms with Gasteiger partial charge in [-0.15, -0.1) is 11.3 Å². The summed E-state index contributed by atoms with van der Waals surface area (Å²) in [5.74, 6) is 0.129. The third-order valence-electron chi connectivity index (χ3n) is 3.25. The second-order valence-corrected chi connectivity index (χ2v) is 5.73. The second kappa shape index (κ2) is 6.57. The number of aryl methyl sites for hydroxylation is 2. The average molecular weight is 276 g/mol. The molecule has 0 saturated heterocycles. The number of hydrogen-bond donors (Lipinski definition) is 1. The molecule has 1 amide bonds. The van der Waals surface area contributed by atoms with Crippen molar-refractivity contribution in [2.75, 3.05) is 6.54 Å². The number of carbonyl (C=O) groups is 1. The quantitative estimate of drug-likeness (QED) is 0.865. The minimum Gasteiger partial charge on any atom is -0.356 e. The zero-order valence-electron chi connectivity index (χ0n) is 11.5. The summed E-state index contributed by atoms with van der Waals surface area (Å²) in [6.07, 6.45) is 1.46. The number of amides is 1. The lowest BCUT2D eigenvalue weighted by molar-refractivity contribution is -0.121. The van der Waals surface area contributed by atoms with E-state index in [1.165, 1.54) is 16.3 Å². The first-order chi connectivity index (χ1) is 9.16. The van der Waals surface area contributed by atoms with Crippen LogP contribution in [0.15, 0.2) is 29.6 Å². The first kappa shape index (κ1) is 13.9. The fourth-order valence-corrected chi connectivity index (χ4v) is 2.84. The molecule has 1 N–H and O–H groups in total. The molecule has 0 aliphatic rings. The van der Waals surface area contributed by atoms with E-state index in [4.69, 9.17) is 0 Å². The number of nitrogens with one attached hydrogen (secondary N) is 1. The van der Waals surface area contributed by atoms with Crippen molar-refractivity contribution in [2.45, 2.75) is 33.2 Å². The Morgan fingerprint density at radius 2 is 2.00 bits per heavy atom. The molecule has 0 saturated carbocycles. The van der Waals surface area contributed by atoms with Gasteiger partial charge in [-0.1, -0.05) is 6.07 Å². The lowest BCUT2D eigenvalue weighted by Crippen LogP contribution is -2.26. The van der Waals surface area contributed by atoms with Crippen LogP contribution in [0.3, 0.4) is 0 Å². The van der Waals surface area contributed by atoms with Gasteiger partial charge in [0, 0.05) is 35.8 Å². The van der Waals surface area contributed by atoms with E-state index in [0.717, 1.165) is 19.5 Å². The molecule has 0 spiro atoms. The second-order valence-electron chi connectivity index (χ2n) is 4.70. The van der Waals surface area contributed by atoms with Crippen molar-refractivity contribution in [1.82, 2.24) is 9.88 Å². The molecular formula is C15H20N2OS. The summed E-state index contributed by atoms with van der Waals surface area (Å²) in [5.41, 5.74) is 2.42. The molecule has 4 heteroatoms. The number of carbonyl (C=O) groups excluding carboxylic acids is 1. The van der Waals surface area contributed by atoms with Gasteiger partial charge in [0.2, 0.25) is 5.91 Å². The highest BCUT2D eigenvalue weighted by atomic mass is 32.1. The normalized spacial score (nSPS) is 10.6. The van der Waals surface area contributed by atoms with E-state index in [-0.39, 0.29) is 5.91 Å². The van der Waals surface area contributed by atoms with Crippen LogP contribution in [0, 0.1) is 13.8 Å². The van der Waals surface area contributed by atoms with Gasteiger partial charge < -0.3 is 9.88 Å². The van der Waals surface area contributed by atoms with Crippen LogP contribution in [-0.4, -0.2) is 17.0 Å². The highest BCUT2D eigenvalue weighted by molar-refractivity contribution is 7.09. The van der Waals surface area contributed by atoms with Gasteiger partial charge in [-0.25, -0.2) is 0 Å². The Morgan fingerprint density at radius 1 is 1.26 bits per heavy atom. The standard InChI is InChI=1S/C15H20N2OS/c1-12-5-6-13(2)17(12)10-8-15(18)16-9-7-14-4-3-11-19-14/h3-6,11H,7-10H2,1-2H3,(H,16,18). The Balaban J connectivity index is 1.70. The van der Waals surface area contributed by atoms with Crippen LogP contribution in [0.25, 0.3) is 0 Å². The third kappa shape index (κ3) is 3.96. The monoisotopic (exact) mass is 276 g/mol. The molecule has 0 bridgehead atoms. The van der Waals surface area contributed by atoms with Crippen molar-refractivity contribution in [2.24, 2.45) is 0 Å². The highest BCUT2D eigenvalue weighted by Crippen LogP contribution is 2.09. The average Bonchev–Trinajstić information content (AvgIpc) is 2.99. The zero-order chi connectivity index (χ0) is 13.7. The van der Waals surface area contributed by atoms with Gasteiger partial charge in [0.05, 0.1) is 0 Å². The summed E-state index contributed by atoms with van der Waals surface area (Å²) in [7, 11) is 0. The van der Waals surface area contributed by atoms with Crippen LogP contribution in [0.5, 0.6) is 0 Å². The Kier molecular flexibility index (Phi) is 4.80. The van der Waals surface area contributed by atoms with Crippen LogP contribution in [-0.2, 0) is 17.8 Å². The Bertz CT molecular complexity index is 509. The smallest absolute Gasteiger partial charge is 0.221 e. The predicted octanol–water partition coefficient (Wildman–Crippen LogP) is 2.92. The van der Waals surface area contributed by atoms with Crippen molar-refractivity contribution in [1.29, 1.82) is 0 Å². The summed E-state index contributed by atoms with van der Waals surface area (Å²) >= 11 is 1.73. The van der Waals surface area contributed by atoms with Crippen LogP contribution < -0.4 is 5.32 Å². The lowest BCUT2D eigenvalue weighted by Gasteiger charge is -2.09. The van der Waals surface area contributed by atoms with Crippen LogP contribution >= 0.6 is 11.3 Å². The van der Waals surface area contributed by atoms with Gasteiger partial charge in [0.1, 0.15) is 0 Å². The lowest BCUT2D eigenvalue weighted by atomic mass is 10.3. The first-order valence-electron chi connectivity index (χ1n) is 6.58. The minimum atomic E-state index is 0.129. The molecule has 3 nitrogen and oxygen atoms in total. The molecule has 2 rings (SSSR count). The minimum absolute atomic E-state index is 0.129. The third-order valence-corrected chi connectivity index (χ3v) is 4.19. The summed E-state index contributed by atoms with van der Waals surface area (Å²) in [4.78, 5) is 13.1. The first-order valence-corrected chi connectivity index (χ1v) is 7.46. The van der Waals surface area contributed by atoms with E-state index >= 15 is 0 Å². The van der Waals surface area contributed by atoms with Gasteiger partial charge in [0.15, 0.2) is 0 Å². The number of nitrogens with zero attached hydrogens (tertiary/aromatic N) is 1. The molecule has 0 aliphatic carbocycles. The maximum absolute atomic E-state index is 11.8. The van der Waals surface area contributed by atoms with Crippen molar-refractivity contribution >= 4 is 17.2 Å². The molecule has 0 aliphatic heterocycles. The van der Waals surface area contributed by atoms with Crippen LogP contribution in [0.2, 0.25) is 0 Å². The van der Waals surface area contributed by atoms with Gasteiger partial charge in [-0.05, 0) is 43.8 Å². The Labute approximate surface area is 118 Å². The largest absolute Gasteiger partial charge is 0.356 e. The van der Waals surface area contributed by atoms with Gasteiger partial charge >= 0.3 is 0 Å². The Morgan fingerprint density at radius 3 is 2.63 bits per heavy atom. The molecule has 2 aromatic heterocycles. The van der Waals surface area contributed by atoms with Crippen molar-refractivity contribution in [3.63, 3.8) is 0 Å². The molecular weight excluding hydrogens is 256 g/mol. The van der Waals surface area contributed by atoms with E-state index in [1.807, 2.05) is 6.07 Å².